The zero-order valence-corrected chi connectivity index (χ0v) is 26.3. The Hall–Kier alpha value is -0.320. The Balaban J connectivity index is 0.000000212. The van der Waals surface area contributed by atoms with Crippen molar-refractivity contribution < 1.29 is 0 Å². The second-order valence-corrected chi connectivity index (χ2v) is 13.8. The van der Waals surface area contributed by atoms with Crippen molar-refractivity contribution >= 4 is 97.6 Å². The maximum Gasteiger partial charge on any atom is 0.0123 e. The van der Waals surface area contributed by atoms with Crippen LogP contribution in [-0.2, 0) is 0 Å². The van der Waals surface area contributed by atoms with E-state index in [1.807, 2.05) is 47.8 Å². The van der Waals surface area contributed by atoms with Gasteiger partial charge in [0.15, 0.2) is 0 Å². The van der Waals surface area contributed by atoms with Crippen molar-refractivity contribution in [3.8, 4) is 0 Å². The van der Waals surface area contributed by atoms with Crippen molar-refractivity contribution in [2.45, 2.75) is 39.2 Å². The van der Waals surface area contributed by atoms with Gasteiger partial charge in [0.25, 0.3) is 0 Å². The Labute approximate surface area is 254 Å². The van der Waals surface area contributed by atoms with Crippen molar-refractivity contribution in [1.29, 1.82) is 0 Å². The molecule has 0 saturated carbocycles. The number of hydrogen-bond acceptors (Lipinski definition) is 8. The molecule has 0 nitrogen and oxygen atoms in total. The molecule has 4 aromatic rings. The van der Waals surface area contributed by atoms with Gasteiger partial charge in [-0.15, -0.1) is 48.8 Å². The van der Waals surface area contributed by atoms with E-state index < -0.39 is 0 Å². The van der Waals surface area contributed by atoms with E-state index in [-0.39, 0.29) is 0 Å². The van der Waals surface area contributed by atoms with Crippen molar-refractivity contribution in [3.05, 3.63) is 97.1 Å². The van der Waals surface area contributed by atoms with E-state index in [9.17, 15) is 0 Å². The summed E-state index contributed by atoms with van der Waals surface area (Å²) in [6.07, 6.45) is 0. The van der Waals surface area contributed by atoms with Crippen LogP contribution in [0.5, 0.6) is 0 Å². The Kier molecular flexibility index (Phi) is 14.5. The predicted molar refractivity (Wildman–Crippen MR) is 178 cm³/mol. The Morgan fingerprint density at radius 3 is 0.917 bits per heavy atom. The Bertz CT molecular complexity index is 1050. The van der Waals surface area contributed by atoms with E-state index in [4.69, 9.17) is 0 Å². The molecule has 0 aliphatic carbocycles. The third-order valence-electron chi connectivity index (χ3n) is 4.51. The molecular formula is C28H28S8. The molecule has 0 aliphatic heterocycles. The maximum absolute atomic E-state index is 4.25. The molecule has 0 heterocycles. The van der Waals surface area contributed by atoms with Crippen LogP contribution in [0.3, 0.4) is 0 Å². The lowest BCUT2D eigenvalue weighted by molar-refractivity contribution is 1.31. The second-order valence-electron chi connectivity index (χ2n) is 7.28. The molecule has 8 heteroatoms. The molecule has 0 N–H and O–H groups in total. The summed E-state index contributed by atoms with van der Waals surface area (Å²) in [7, 11) is 0. The summed E-state index contributed by atoms with van der Waals surface area (Å²) in [5, 5.41) is 0. The molecule has 0 atom stereocenters. The largest absolute Gasteiger partial charge is 0.178 e. The van der Waals surface area contributed by atoms with E-state index in [0.717, 1.165) is 32.8 Å². The lowest BCUT2D eigenvalue weighted by Gasteiger charge is -2.05. The van der Waals surface area contributed by atoms with Gasteiger partial charge < -0.3 is 0 Å². The minimum atomic E-state index is 0.915. The topological polar surface area (TPSA) is 0 Å². The molecule has 188 valence electrons. The Morgan fingerprint density at radius 2 is 0.639 bits per heavy atom. The highest BCUT2D eigenvalue weighted by Gasteiger charge is 2.00. The molecule has 4 rings (SSSR count). The van der Waals surface area contributed by atoms with Crippen LogP contribution in [0.1, 0.15) is 0 Å². The van der Waals surface area contributed by atoms with E-state index >= 15 is 0 Å². The lowest BCUT2D eigenvalue weighted by atomic mass is 10.4. The summed E-state index contributed by atoms with van der Waals surface area (Å²) in [6, 6.07) is 33.8. The minimum absolute atomic E-state index is 0.915. The molecule has 0 radical (unpaired) electrons. The van der Waals surface area contributed by atoms with Gasteiger partial charge >= 0.3 is 0 Å². The zero-order valence-electron chi connectivity index (χ0n) is 19.5. The number of benzene rings is 4. The number of thiol groups is 4. The fourth-order valence-electron chi connectivity index (χ4n) is 2.84. The molecule has 0 amide bonds. The normalized spacial score (nSPS) is 10.6. The smallest absolute Gasteiger partial charge is 0.0123 e. The van der Waals surface area contributed by atoms with Gasteiger partial charge in [0.05, 0.1) is 0 Å². The summed E-state index contributed by atoms with van der Waals surface area (Å²) in [5.74, 6) is 3.94. The van der Waals surface area contributed by atoms with E-state index in [2.05, 4.69) is 123 Å². The van der Waals surface area contributed by atoms with E-state index in [1.165, 1.54) is 29.4 Å². The molecule has 0 unspecified atom stereocenters. The van der Waals surface area contributed by atoms with Gasteiger partial charge in [-0.3, -0.25) is 0 Å². The standard InChI is InChI=1S/C16H18S5.C12H10S3/c17-9-11-19-13-1-5-15(6-2-13)21-16-7-3-14(4-8-16)20-12-10-18;13-9-1-5-11(6-2-9)15-12-7-3-10(14)4-8-12/h1-8,17-18H,9-12H2;1-8,13-14H. The lowest BCUT2D eigenvalue weighted by Crippen LogP contribution is -1.81. The first-order chi connectivity index (χ1) is 17.6. The second kappa shape index (κ2) is 17.3. The predicted octanol–water partition coefficient (Wildman–Crippen LogP) is 10.3. The minimum Gasteiger partial charge on any atom is -0.178 e. The zero-order chi connectivity index (χ0) is 25.6. The van der Waals surface area contributed by atoms with Crippen LogP contribution in [0.2, 0.25) is 0 Å². The molecule has 0 fully saturated rings. The van der Waals surface area contributed by atoms with Crippen LogP contribution >= 0.6 is 97.6 Å². The summed E-state index contributed by atoms with van der Waals surface area (Å²) in [5.41, 5.74) is 0. The van der Waals surface area contributed by atoms with Crippen LogP contribution in [-0.4, -0.2) is 23.0 Å². The van der Waals surface area contributed by atoms with Crippen LogP contribution in [0.15, 0.2) is 136 Å². The van der Waals surface area contributed by atoms with Gasteiger partial charge in [0.1, 0.15) is 0 Å². The summed E-state index contributed by atoms with van der Waals surface area (Å²) in [6.45, 7) is 0. The number of thioether (sulfide) groups is 2. The van der Waals surface area contributed by atoms with Gasteiger partial charge in [-0.1, -0.05) is 23.5 Å². The third-order valence-corrected chi connectivity index (χ3v) is 10.2. The van der Waals surface area contributed by atoms with Crippen LogP contribution < -0.4 is 0 Å². The monoisotopic (exact) mass is 620 g/mol. The first-order valence-electron chi connectivity index (χ1n) is 11.2. The highest BCUT2D eigenvalue weighted by Crippen LogP contribution is 2.31. The fraction of sp³-hybridized carbons (Fsp3) is 0.143. The van der Waals surface area contributed by atoms with Crippen molar-refractivity contribution in [3.63, 3.8) is 0 Å². The van der Waals surface area contributed by atoms with Gasteiger partial charge in [0, 0.05) is 50.7 Å². The van der Waals surface area contributed by atoms with Gasteiger partial charge in [-0.25, -0.2) is 0 Å². The molecule has 0 saturated heterocycles. The van der Waals surface area contributed by atoms with Crippen molar-refractivity contribution in [2.24, 2.45) is 0 Å². The Morgan fingerprint density at radius 1 is 0.389 bits per heavy atom. The molecule has 0 aromatic heterocycles. The quantitative estimate of drug-likeness (QED) is 0.103. The molecule has 0 spiro atoms. The maximum atomic E-state index is 4.25. The first kappa shape index (κ1) is 30.2. The van der Waals surface area contributed by atoms with Crippen LogP contribution in [0.4, 0.5) is 0 Å². The van der Waals surface area contributed by atoms with E-state index in [1.54, 1.807) is 23.5 Å². The molecule has 0 aliphatic rings. The SMILES string of the molecule is SCCSc1ccc(Sc2ccc(SCCS)cc2)cc1.Sc1ccc(Sc2ccc(S)cc2)cc1. The highest BCUT2D eigenvalue weighted by atomic mass is 32.2. The van der Waals surface area contributed by atoms with Gasteiger partial charge in [-0.05, 0) is 109 Å². The number of hydrogen-bond donors (Lipinski definition) is 4. The van der Waals surface area contributed by atoms with Crippen LogP contribution in [0, 0.1) is 0 Å². The average molecular weight is 621 g/mol. The fourth-order valence-corrected chi connectivity index (χ4v) is 6.63. The summed E-state index contributed by atoms with van der Waals surface area (Å²) >= 11 is 24.2. The van der Waals surface area contributed by atoms with Gasteiger partial charge in [-0.2, -0.15) is 25.3 Å². The number of rotatable bonds is 10. The highest BCUT2D eigenvalue weighted by molar-refractivity contribution is 8.00. The van der Waals surface area contributed by atoms with Crippen LogP contribution in [0.25, 0.3) is 0 Å². The molecule has 36 heavy (non-hydrogen) atoms. The first-order valence-corrected chi connectivity index (χ1v) is 16.9. The van der Waals surface area contributed by atoms with Crippen molar-refractivity contribution in [2.75, 3.05) is 23.0 Å². The molecule has 4 aromatic carbocycles. The van der Waals surface area contributed by atoms with Crippen molar-refractivity contribution in [1.82, 2.24) is 0 Å². The van der Waals surface area contributed by atoms with Gasteiger partial charge in [0.2, 0.25) is 0 Å². The average Bonchev–Trinajstić information content (AvgIpc) is 2.91. The summed E-state index contributed by atoms with van der Waals surface area (Å²) < 4.78 is 0. The molecule has 0 bridgehead atoms. The summed E-state index contributed by atoms with van der Waals surface area (Å²) in [4.78, 5) is 9.61. The van der Waals surface area contributed by atoms with E-state index in [0.29, 0.717) is 0 Å². The molecular weight excluding hydrogens is 593 g/mol. The third kappa shape index (κ3) is 11.6.